The van der Waals surface area contributed by atoms with Crippen molar-refractivity contribution < 1.29 is 14.3 Å². The number of nitrogens with one attached hydrogen (secondary N) is 1. The Morgan fingerprint density at radius 3 is 2.58 bits per heavy atom. The van der Waals surface area contributed by atoms with Crippen molar-refractivity contribution >= 4 is 23.2 Å². The van der Waals surface area contributed by atoms with E-state index in [-0.39, 0.29) is 17.7 Å². The molecule has 31 heavy (non-hydrogen) atoms. The molecule has 2 aromatic rings. The lowest BCUT2D eigenvalue weighted by molar-refractivity contribution is -0.135. The number of benzene rings is 2. The van der Waals surface area contributed by atoms with E-state index < -0.39 is 0 Å². The SMILES string of the molecule is CCN1CCc2ccc(NC(=O)C3CCN(C(=O)CCOc4ccccc4)CC3)cc21. The Morgan fingerprint density at radius 2 is 1.84 bits per heavy atom. The van der Waals surface area contributed by atoms with Crippen LogP contribution in [0.15, 0.2) is 48.5 Å². The first-order valence-electron chi connectivity index (χ1n) is 11.3. The maximum atomic E-state index is 12.8. The maximum Gasteiger partial charge on any atom is 0.227 e. The van der Waals surface area contributed by atoms with Gasteiger partial charge in [-0.25, -0.2) is 0 Å². The van der Waals surface area contributed by atoms with E-state index >= 15 is 0 Å². The third kappa shape index (κ3) is 5.19. The van der Waals surface area contributed by atoms with Gasteiger partial charge in [-0.15, -0.1) is 0 Å². The Morgan fingerprint density at radius 1 is 1.06 bits per heavy atom. The zero-order chi connectivity index (χ0) is 21.6. The number of likely N-dealkylation sites (tertiary alicyclic amines) is 1. The van der Waals surface area contributed by atoms with Gasteiger partial charge in [-0.2, -0.15) is 0 Å². The van der Waals surface area contributed by atoms with Crippen LogP contribution in [0.4, 0.5) is 11.4 Å². The summed E-state index contributed by atoms with van der Waals surface area (Å²) in [5.74, 6) is 0.869. The first kappa shape index (κ1) is 21.2. The molecule has 1 fully saturated rings. The minimum Gasteiger partial charge on any atom is -0.493 e. The summed E-state index contributed by atoms with van der Waals surface area (Å²) in [5, 5.41) is 3.09. The van der Waals surface area contributed by atoms with Crippen LogP contribution in [0.3, 0.4) is 0 Å². The topological polar surface area (TPSA) is 61.9 Å². The summed E-state index contributed by atoms with van der Waals surface area (Å²) in [6, 6.07) is 15.7. The van der Waals surface area contributed by atoms with Gasteiger partial charge in [0.05, 0.1) is 13.0 Å². The molecule has 0 spiro atoms. The van der Waals surface area contributed by atoms with Crippen LogP contribution in [0.5, 0.6) is 5.75 Å². The number of carbonyl (C=O) groups is 2. The Balaban J connectivity index is 1.22. The lowest BCUT2D eigenvalue weighted by atomic mass is 9.95. The normalized spacial score (nSPS) is 16.2. The average molecular weight is 422 g/mol. The standard InChI is InChI=1S/C25H31N3O3/c1-2-27-14-10-19-8-9-21(18-23(19)27)26-25(30)20-11-15-28(16-12-20)24(29)13-17-31-22-6-4-3-5-7-22/h3-9,18,20H,2,10-17H2,1H3,(H,26,30). The predicted molar refractivity (Wildman–Crippen MR) is 123 cm³/mol. The molecular formula is C25H31N3O3. The Labute approximate surface area is 184 Å². The fourth-order valence-electron chi connectivity index (χ4n) is 4.42. The number of ether oxygens (including phenoxy) is 1. The monoisotopic (exact) mass is 421 g/mol. The number of likely N-dealkylation sites (N-methyl/N-ethyl adjacent to an activating group) is 1. The molecule has 1 N–H and O–H groups in total. The number of fused-ring (bicyclic) bond motifs is 1. The zero-order valence-electron chi connectivity index (χ0n) is 18.2. The summed E-state index contributed by atoms with van der Waals surface area (Å²) < 4.78 is 5.63. The van der Waals surface area contributed by atoms with Crippen molar-refractivity contribution in [2.45, 2.75) is 32.6 Å². The number of para-hydroxylation sites is 1. The first-order valence-corrected chi connectivity index (χ1v) is 11.3. The summed E-state index contributed by atoms with van der Waals surface area (Å²) in [4.78, 5) is 29.4. The molecule has 2 aromatic carbocycles. The largest absolute Gasteiger partial charge is 0.493 e. The van der Waals surface area contributed by atoms with Crippen LogP contribution in [0, 0.1) is 5.92 Å². The quantitative estimate of drug-likeness (QED) is 0.740. The molecule has 0 radical (unpaired) electrons. The van der Waals surface area contributed by atoms with Gasteiger partial charge in [0.15, 0.2) is 0 Å². The van der Waals surface area contributed by atoms with Crippen LogP contribution >= 0.6 is 0 Å². The van der Waals surface area contributed by atoms with Crippen molar-refractivity contribution in [3.05, 3.63) is 54.1 Å². The Hall–Kier alpha value is -3.02. The minimum absolute atomic E-state index is 0.0554. The van der Waals surface area contributed by atoms with Gasteiger partial charge in [0.1, 0.15) is 5.75 Å². The summed E-state index contributed by atoms with van der Waals surface area (Å²) >= 11 is 0. The number of rotatable bonds is 7. The van der Waals surface area contributed by atoms with Crippen LogP contribution in [-0.2, 0) is 16.0 Å². The third-order valence-corrected chi connectivity index (χ3v) is 6.27. The van der Waals surface area contributed by atoms with Crippen LogP contribution in [0.25, 0.3) is 0 Å². The van der Waals surface area contributed by atoms with Gasteiger partial charge in [-0.05, 0) is 56.0 Å². The molecule has 4 rings (SSSR count). The van der Waals surface area contributed by atoms with E-state index in [1.807, 2.05) is 41.3 Å². The molecule has 1 saturated heterocycles. The van der Waals surface area contributed by atoms with E-state index in [4.69, 9.17) is 4.74 Å². The van der Waals surface area contributed by atoms with Gasteiger partial charge < -0.3 is 19.9 Å². The van der Waals surface area contributed by atoms with Crippen molar-refractivity contribution in [2.24, 2.45) is 5.92 Å². The molecule has 0 saturated carbocycles. The lowest BCUT2D eigenvalue weighted by Gasteiger charge is -2.31. The zero-order valence-corrected chi connectivity index (χ0v) is 18.2. The molecule has 0 aromatic heterocycles. The van der Waals surface area contributed by atoms with E-state index in [1.165, 1.54) is 11.3 Å². The second-order valence-electron chi connectivity index (χ2n) is 8.23. The number of hydrogen-bond donors (Lipinski definition) is 1. The fourth-order valence-corrected chi connectivity index (χ4v) is 4.42. The molecule has 0 bridgehead atoms. The van der Waals surface area contributed by atoms with Crippen LogP contribution in [0.1, 0.15) is 31.7 Å². The average Bonchev–Trinajstić information content (AvgIpc) is 3.22. The van der Waals surface area contributed by atoms with E-state index in [1.54, 1.807) is 0 Å². The van der Waals surface area contributed by atoms with Gasteiger partial charge >= 0.3 is 0 Å². The summed E-state index contributed by atoms with van der Waals surface area (Å²) in [7, 11) is 0. The Kier molecular flexibility index (Phi) is 6.75. The molecule has 164 valence electrons. The van der Waals surface area contributed by atoms with E-state index in [9.17, 15) is 9.59 Å². The smallest absolute Gasteiger partial charge is 0.227 e. The highest BCUT2D eigenvalue weighted by molar-refractivity contribution is 5.93. The summed E-state index contributed by atoms with van der Waals surface area (Å²) in [6.07, 6.45) is 2.82. The van der Waals surface area contributed by atoms with E-state index in [2.05, 4.69) is 29.3 Å². The number of anilines is 2. The molecule has 0 atom stereocenters. The predicted octanol–water partition coefficient (Wildman–Crippen LogP) is 3.72. The van der Waals surface area contributed by atoms with Crippen LogP contribution in [0.2, 0.25) is 0 Å². The van der Waals surface area contributed by atoms with E-state index in [0.717, 1.165) is 30.9 Å². The molecule has 0 aliphatic carbocycles. The summed E-state index contributed by atoms with van der Waals surface area (Å²) in [6.45, 7) is 5.80. The number of piperidine rings is 1. The van der Waals surface area contributed by atoms with Crippen molar-refractivity contribution in [3.63, 3.8) is 0 Å². The maximum absolute atomic E-state index is 12.8. The summed E-state index contributed by atoms with van der Waals surface area (Å²) in [5.41, 5.74) is 3.45. The molecule has 2 aliphatic rings. The van der Waals surface area contributed by atoms with Crippen molar-refractivity contribution in [2.75, 3.05) is 43.0 Å². The van der Waals surface area contributed by atoms with E-state index in [0.29, 0.717) is 39.0 Å². The molecule has 2 aliphatic heterocycles. The number of nitrogens with zero attached hydrogens (tertiary/aromatic N) is 2. The Bertz CT molecular complexity index is 907. The molecule has 6 nitrogen and oxygen atoms in total. The highest BCUT2D eigenvalue weighted by Gasteiger charge is 2.27. The fraction of sp³-hybridized carbons (Fsp3) is 0.440. The van der Waals surface area contributed by atoms with Crippen LogP contribution in [-0.4, -0.2) is 49.5 Å². The van der Waals surface area contributed by atoms with Crippen LogP contribution < -0.4 is 15.0 Å². The number of amides is 2. The highest BCUT2D eigenvalue weighted by atomic mass is 16.5. The first-order chi connectivity index (χ1) is 15.1. The van der Waals surface area contributed by atoms with Crippen molar-refractivity contribution in [1.82, 2.24) is 4.90 Å². The second-order valence-corrected chi connectivity index (χ2v) is 8.23. The number of hydrogen-bond acceptors (Lipinski definition) is 4. The molecule has 2 amide bonds. The molecule has 6 heteroatoms. The second kappa shape index (κ2) is 9.86. The van der Waals surface area contributed by atoms with Gasteiger partial charge in [0.2, 0.25) is 11.8 Å². The van der Waals surface area contributed by atoms with Crippen molar-refractivity contribution in [1.29, 1.82) is 0 Å². The van der Waals surface area contributed by atoms with Crippen molar-refractivity contribution in [3.8, 4) is 5.75 Å². The third-order valence-electron chi connectivity index (χ3n) is 6.27. The van der Waals surface area contributed by atoms with Gasteiger partial charge in [-0.1, -0.05) is 24.3 Å². The minimum atomic E-state index is -0.0554. The number of carbonyl (C=O) groups excluding carboxylic acids is 2. The molecule has 0 unspecified atom stereocenters. The molecule has 2 heterocycles. The lowest BCUT2D eigenvalue weighted by Crippen LogP contribution is -2.41. The van der Waals surface area contributed by atoms with Gasteiger partial charge in [0, 0.05) is 43.5 Å². The highest BCUT2D eigenvalue weighted by Crippen LogP contribution is 2.31. The van der Waals surface area contributed by atoms with Gasteiger partial charge in [-0.3, -0.25) is 9.59 Å². The van der Waals surface area contributed by atoms with Gasteiger partial charge in [0.25, 0.3) is 0 Å². The molecular weight excluding hydrogens is 390 g/mol.